The van der Waals surface area contributed by atoms with Crippen LogP contribution in [0, 0.1) is 12.3 Å². The Morgan fingerprint density at radius 2 is 2.12 bits per heavy atom. The van der Waals surface area contributed by atoms with Crippen LogP contribution in [0.15, 0.2) is 28.7 Å². The second-order valence-electron chi connectivity index (χ2n) is 5.20. The number of hydrogen-bond donors (Lipinski definition) is 1. The first-order valence-corrected chi connectivity index (χ1v) is 5.77. The average molecular weight is 216 g/mol. The molecule has 1 aromatic carbocycles. The van der Waals surface area contributed by atoms with Gasteiger partial charge in [-0.25, -0.2) is 0 Å². The zero-order chi connectivity index (χ0) is 11.3. The number of aliphatic hydroxyl groups excluding tert-OH is 1. The Bertz CT molecular complexity index is 535. The lowest BCUT2D eigenvalue weighted by atomic mass is 10.00. The van der Waals surface area contributed by atoms with E-state index in [0.717, 1.165) is 29.4 Å². The Morgan fingerprint density at radius 1 is 1.38 bits per heavy atom. The summed E-state index contributed by atoms with van der Waals surface area (Å²) in [6.07, 6.45) is 1.72. The zero-order valence-corrected chi connectivity index (χ0v) is 9.66. The van der Waals surface area contributed by atoms with Gasteiger partial charge >= 0.3 is 0 Å². The second kappa shape index (κ2) is 3.11. The minimum absolute atomic E-state index is 0.0434. The van der Waals surface area contributed by atoms with Crippen LogP contribution in [-0.2, 0) is 0 Å². The van der Waals surface area contributed by atoms with Crippen LogP contribution in [0.5, 0.6) is 0 Å². The average Bonchev–Trinajstić information content (AvgIpc) is 2.86. The minimum Gasteiger partial charge on any atom is -0.458 e. The molecule has 1 aromatic heterocycles. The smallest absolute Gasteiger partial charge is 0.137 e. The van der Waals surface area contributed by atoms with Crippen molar-refractivity contribution in [1.82, 2.24) is 0 Å². The molecular formula is C14H16O2. The molecule has 0 amide bonds. The Balaban J connectivity index is 2.08. The third-order valence-electron chi connectivity index (χ3n) is 3.73. The molecule has 0 radical (unpaired) electrons. The van der Waals surface area contributed by atoms with Gasteiger partial charge in [0, 0.05) is 10.8 Å². The number of fused-ring (bicyclic) bond motifs is 1. The zero-order valence-electron chi connectivity index (χ0n) is 9.66. The van der Waals surface area contributed by atoms with E-state index in [-0.39, 0.29) is 5.41 Å². The molecule has 1 fully saturated rings. The van der Waals surface area contributed by atoms with Crippen molar-refractivity contribution in [3.8, 4) is 0 Å². The van der Waals surface area contributed by atoms with Gasteiger partial charge in [0.1, 0.15) is 17.4 Å². The molecule has 1 aliphatic rings. The molecule has 3 rings (SSSR count). The quantitative estimate of drug-likeness (QED) is 0.832. The molecule has 84 valence electrons. The number of para-hydroxylation sites is 1. The first kappa shape index (κ1) is 9.91. The van der Waals surface area contributed by atoms with E-state index in [4.69, 9.17) is 4.42 Å². The van der Waals surface area contributed by atoms with E-state index < -0.39 is 6.10 Å². The molecule has 2 heteroatoms. The monoisotopic (exact) mass is 216 g/mol. The molecular weight excluding hydrogens is 200 g/mol. The Labute approximate surface area is 94.9 Å². The van der Waals surface area contributed by atoms with Gasteiger partial charge in [-0.2, -0.15) is 0 Å². The highest BCUT2D eigenvalue weighted by Gasteiger charge is 2.46. The largest absolute Gasteiger partial charge is 0.458 e. The van der Waals surface area contributed by atoms with E-state index in [1.807, 2.05) is 31.2 Å². The van der Waals surface area contributed by atoms with Crippen molar-refractivity contribution in [1.29, 1.82) is 0 Å². The van der Waals surface area contributed by atoms with Crippen molar-refractivity contribution >= 4 is 11.0 Å². The van der Waals surface area contributed by atoms with Gasteiger partial charge in [0.2, 0.25) is 0 Å². The summed E-state index contributed by atoms with van der Waals surface area (Å²) in [6, 6.07) is 8.04. The molecule has 1 atom stereocenters. The van der Waals surface area contributed by atoms with Gasteiger partial charge in [-0.3, -0.25) is 0 Å². The summed E-state index contributed by atoms with van der Waals surface area (Å²) < 4.78 is 5.78. The third kappa shape index (κ3) is 1.37. The SMILES string of the molecule is Cc1cccc2cc(C(O)C3(C)CC3)oc12. The number of benzene rings is 1. The maximum Gasteiger partial charge on any atom is 0.137 e. The molecule has 0 saturated heterocycles. The topological polar surface area (TPSA) is 33.4 Å². The molecule has 0 aliphatic heterocycles. The second-order valence-corrected chi connectivity index (χ2v) is 5.20. The minimum atomic E-state index is -0.459. The molecule has 1 heterocycles. The van der Waals surface area contributed by atoms with E-state index in [2.05, 4.69) is 6.92 Å². The summed E-state index contributed by atoms with van der Waals surface area (Å²) >= 11 is 0. The number of rotatable bonds is 2. The van der Waals surface area contributed by atoms with Crippen molar-refractivity contribution in [2.24, 2.45) is 5.41 Å². The first-order chi connectivity index (χ1) is 7.60. The highest BCUT2D eigenvalue weighted by molar-refractivity contribution is 5.81. The third-order valence-corrected chi connectivity index (χ3v) is 3.73. The summed E-state index contributed by atoms with van der Waals surface area (Å²) in [5.41, 5.74) is 2.07. The van der Waals surface area contributed by atoms with Crippen LogP contribution in [0.25, 0.3) is 11.0 Å². The molecule has 0 bridgehead atoms. The van der Waals surface area contributed by atoms with Crippen molar-refractivity contribution < 1.29 is 9.52 Å². The molecule has 0 spiro atoms. The summed E-state index contributed by atoms with van der Waals surface area (Å²) in [4.78, 5) is 0. The fraction of sp³-hybridized carbons (Fsp3) is 0.429. The normalized spacial score (nSPS) is 19.9. The summed E-state index contributed by atoms with van der Waals surface area (Å²) in [7, 11) is 0. The van der Waals surface area contributed by atoms with E-state index in [1.165, 1.54) is 0 Å². The van der Waals surface area contributed by atoms with Crippen LogP contribution in [-0.4, -0.2) is 5.11 Å². The molecule has 1 unspecified atom stereocenters. The van der Waals surface area contributed by atoms with E-state index in [0.29, 0.717) is 5.76 Å². The number of hydrogen-bond acceptors (Lipinski definition) is 2. The fourth-order valence-electron chi connectivity index (χ4n) is 2.18. The fourth-order valence-corrected chi connectivity index (χ4v) is 2.18. The van der Waals surface area contributed by atoms with Crippen molar-refractivity contribution in [3.63, 3.8) is 0 Å². The Morgan fingerprint density at radius 3 is 2.75 bits per heavy atom. The molecule has 2 aromatic rings. The maximum atomic E-state index is 10.2. The first-order valence-electron chi connectivity index (χ1n) is 5.77. The van der Waals surface area contributed by atoms with Crippen LogP contribution in [0.3, 0.4) is 0 Å². The van der Waals surface area contributed by atoms with Gasteiger partial charge in [-0.15, -0.1) is 0 Å². The van der Waals surface area contributed by atoms with E-state index in [9.17, 15) is 5.11 Å². The lowest BCUT2D eigenvalue weighted by Crippen LogP contribution is -2.08. The molecule has 1 N–H and O–H groups in total. The molecule has 2 nitrogen and oxygen atoms in total. The highest BCUT2D eigenvalue weighted by Crippen LogP contribution is 2.54. The standard InChI is InChI=1S/C14H16O2/c1-9-4-3-5-10-8-11(16-12(9)10)13(15)14(2)6-7-14/h3-5,8,13,15H,6-7H2,1-2H3. The molecule has 16 heavy (non-hydrogen) atoms. The van der Waals surface area contributed by atoms with Gasteiger partial charge in [0.25, 0.3) is 0 Å². The van der Waals surface area contributed by atoms with Crippen LogP contribution in [0.1, 0.15) is 37.2 Å². The highest BCUT2D eigenvalue weighted by atomic mass is 16.4. The van der Waals surface area contributed by atoms with Gasteiger partial charge in [0.05, 0.1) is 0 Å². The van der Waals surface area contributed by atoms with Gasteiger partial charge < -0.3 is 9.52 Å². The number of furan rings is 1. The van der Waals surface area contributed by atoms with E-state index in [1.54, 1.807) is 0 Å². The van der Waals surface area contributed by atoms with Gasteiger partial charge in [0.15, 0.2) is 0 Å². The van der Waals surface area contributed by atoms with E-state index >= 15 is 0 Å². The number of aryl methyl sites for hydroxylation is 1. The number of aliphatic hydroxyl groups is 1. The Hall–Kier alpha value is -1.28. The van der Waals surface area contributed by atoms with Crippen LogP contribution < -0.4 is 0 Å². The van der Waals surface area contributed by atoms with Crippen molar-refractivity contribution in [3.05, 3.63) is 35.6 Å². The maximum absolute atomic E-state index is 10.2. The molecule has 1 saturated carbocycles. The lowest BCUT2D eigenvalue weighted by molar-refractivity contribution is 0.0827. The van der Waals surface area contributed by atoms with Crippen LogP contribution in [0.4, 0.5) is 0 Å². The Kier molecular flexibility index (Phi) is 1.93. The lowest BCUT2D eigenvalue weighted by Gasteiger charge is -2.14. The summed E-state index contributed by atoms with van der Waals surface area (Å²) in [6.45, 7) is 4.14. The van der Waals surface area contributed by atoms with Crippen LogP contribution in [0.2, 0.25) is 0 Å². The molecule has 1 aliphatic carbocycles. The van der Waals surface area contributed by atoms with Crippen LogP contribution >= 0.6 is 0 Å². The predicted octanol–water partition coefficient (Wildman–Crippen LogP) is 3.57. The summed E-state index contributed by atoms with van der Waals surface area (Å²) in [5, 5.41) is 11.3. The predicted molar refractivity (Wildman–Crippen MR) is 63.3 cm³/mol. The summed E-state index contributed by atoms with van der Waals surface area (Å²) in [5.74, 6) is 0.712. The van der Waals surface area contributed by atoms with Gasteiger partial charge in [-0.1, -0.05) is 25.1 Å². The van der Waals surface area contributed by atoms with Crippen molar-refractivity contribution in [2.75, 3.05) is 0 Å². The van der Waals surface area contributed by atoms with Gasteiger partial charge in [-0.05, 0) is 31.4 Å². The van der Waals surface area contributed by atoms with Crippen molar-refractivity contribution in [2.45, 2.75) is 32.8 Å².